The highest BCUT2D eigenvalue weighted by molar-refractivity contribution is 5.95. The average molecular weight is 455 g/mol. The largest absolute Gasteiger partial charge is 0.457 e. The lowest BCUT2D eigenvalue weighted by molar-refractivity contribution is 0.233. The summed E-state index contributed by atoms with van der Waals surface area (Å²) >= 11 is 0. The molecule has 34 heavy (non-hydrogen) atoms. The Kier molecular flexibility index (Phi) is 7.10. The van der Waals surface area contributed by atoms with Crippen LogP contribution in [-0.4, -0.2) is 47.8 Å². The fraction of sp³-hybridized carbons (Fsp3) is 0.154. The number of aryl methyl sites for hydroxylation is 1. The van der Waals surface area contributed by atoms with Gasteiger partial charge in [0.25, 0.3) is 0 Å². The van der Waals surface area contributed by atoms with Crippen LogP contribution in [-0.2, 0) is 4.74 Å². The fourth-order valence-corrected chi connectivity index (χ4v) is 3.30. The van der Waals surface area contributed by atoms with E-state index in [0.717, 1.165) is 39.2 Å². The van der Waals surface area contributed by atoms with Gasteiger partial charge in [-0.1, -0.05) is 24.3 Å². The zero-order chi connectivity index (χ0) is 23.9. The number of benzene rings is 3. The van der Waals surface area contributed by atoms with Gasteiger partial charge in [0.2, 0.25) is 0 Å². The third kappa shape index (κ3) is 5.54. The summed E-state index contributed by atoms with van der Waals surface area (Å²) in [5.41, 5.74) is 3.58. The lowest BCUT2D eigenvalue weighted by Crippen LogP contribution is -2.24. The van der Waals surface area contributed by atoms with Crippen LogP contribution in [0.2, 0.25) is 0 Å². The first-order valence-corrected chi connectivity index (χ1v) is 10.7. The molecule has 0 spiro atoms. The maximum Gasteiger partial charge on any atom is 0.143 e. The van der Waals surface area contributed by atoms with Crippen molar-refractivity contribution in [2.75, 3.05) is 26.1 Å². The number of hydrogen-bond donors (Lipinski definition) is 2. The number of amidine groups is 1. The minimum Gasteiger partial charge on any atom is -0.457 e. The van der Waals surface area contributed by atoms with Gasteiger partial charge in [-0.3, -0.25) is 10.4 Å². The molecule has 2 N–H and O–H groups in total. The van der Waals surface area contributed by atoms with Crippen molar-refractivity contribution in [3.8, 4) is 11.5 Å². The van der Waals surface area contributed by atoms with Gasteiger partial charge in [-0.05, 0) is 60.5 Å². The van der Waals surface area contributed by atoms with Crippen LogP contribution in [0.15, 0.2) is 78.2 Å². The van der Waals surface area contributed by atoms with Gasteiger partial charge in [-0.25, -0.2) is 9.97 Å². The molecule has 0 unspecified atom stereocenters. The van der Waals surface area contributed by atoms with Crippen LogP contribution in [0.25, 0.3) is 10.9 Å². The molecule has 4 rings (SSSR count). The van der Waals surface area contributed by atoms with Crippen LogP contribution < -0.4 is 10.1 Å². The Morgan fingerprint density at radius 3 is 2.68 bits per heavy atom. The van der Waals surface area contributed by atoms with Gasteiger partial charge < -0.3 is 14.8 Å². The van der Waals surface area contributed by atoms with Crippen LogP contribution in [0.5, 0.6) is 11.5 Å². The molecule has 0 fully saturated rings. The van der Waals surface area contributed by atoms with Crippen LogP contribution in [0.1, 0.15) is 11.1 Å². The molecule has 8 nitrogen and oxygen atoms in total. The molecule has 4 aromatic rings. The van der Waals surface area contributed by atoms with Crippen molar-refractivity contribution in [1.82, 2.24) is 15.0 Å². The highest BCUT2D eigenvalue weighted by Crippen LogP contribution is 2.29. The Bertz CT molecular complexity index is 1320. The minimum atomic E-state index is 0.196. The zero-order valence-electron chi connectivity index (χ0n) is 19.3. The molecule has 0 amide bonds. The first kappa shape index (κ1) is 22.9. The second-order valence-electron chi connectivity index (χ2n) is 7.67. The molecular weight excluding hydrogens is 428 g/mol. The van der Waals surface area contributed by atoms with Gasteiger partial charge in [0.1, 0.15) is 36.1 Å². The normalized spacial score (nSPS) is 11.0. The first-order chi connectivity index (χ1) is 16.5. The molecule has 0 aliphatic carbocycles. The van der Waals surface area contributed by atoms with Gasteiger partial charge >= 0.3 is 0 Å². The molecule has 0 aliphatic heterocycles. The number of fused-ring (bicyclic) bond motifs is 1. The Hall–Kier alpha value is -4.30. The summed E-state index contributed by atoms with van der Waals surface area (Å²) in [5.74, 6) is 2.55. The molecule has 172 valence electrons. The molecule has 1 heterocycles. The number of likely N-dealkylation sites (N-methyl/N-ethyl adjacent to an activating group) is 1. The van der Waals surface area contributed by atoms with Gasteiger partial charge in [0, 0.05) is 25.2 Å². The standard InChI is InChI=1S/C26H26N6O2/c1-18-13-20(10-12-24(18)34-21-7-5-4-6-8-21)31-26-22-14-19(9-11-23(22)28-17-29-26)15-30-32(2)25(27)16-33-3/h4-15,17,27H,16H2,1-3H3,(H,28,29,31)/b27-25?,30-15+. The SMILES string of the molecule is COCC(=N)N(C)/N=C/c1ccc2ncnc(Nc3ccc(Oc4ccccc4)c(C)c3)c2c1. The predicted octanol–water partition coefficient (Wildman–Crippen LogP) is 5.36. The number of anilines is 2. The van der Waals surface area contributed by atoms with Crippen LogP contribution >= 0.6 is 0 Å². The summed E-state index contributed by atoms with van der Waals surface area (Å²) in [7, 11) is 3.26. The second kappa shape index (κ2) is 10.5. The molecular formula is C26H26N6O2. The zero-order valence-corrected chi connectivity index (χ0v) is 19.3. The van der Waals surface area contributed by atoms with Crippen molar-refractivity contribution in [2.24, 2.45) is 5.10 Å². The maximum absolute atomic E-state index is 7.89. The Labute approximate surface area is 198 Å². The summed E-state index contributed by atoms with van der Waals surface area (Å²) in [6.07, 6.45) is 3.23. The third-order valence-electron chi connectivity index (χ3n) is 5.12. The monoisotopic (exact) mass is 454 g/mol. The summed E-state index contributed by atoms with van der Waals surface area (Å²) in [5, 5.41) is 17.9. The third-order valence-corrected chi connectivity index (χ3v) is 5.12. The van der Waals surface area contributed by atoms with Crippen LogP contribution in [0.4, 0.5) is 11.5 Å². The fourth-order valence-electron chi connectivity index (χ4n) is 3.30. The summed E-state index contributed by atoms with van der Waals surface area (Å²) in [6, 6.07) is 21.4. The molecule has 8 heteroatoms. The van der Waals surface area contributed by atoms with E-state index in [-0.39, 0.29) is 12.4 Å². The molecule has 0 saturated carbocycles. The highest BCUT2D eigenvalue weighted by atomic mass is 16.5. The Morgan fingerprint density at radius 2 is 1.91 bits per heavy atom. The lowest BCUT2D eigenvalue weighted by Gasteiger charge is -2.13. The smallest absolute Gasteiger partial charge is 0.143 e. The van der Waals surface area contributed by atoms with E-state index >= 15 is 0 Å². The molecule has 0 atom stereocenters. The summed E-state index contributed by atoms with van der Waals surface area (Å²) < 4.78 is 11.0. The molecule has 0 bridgehead atoms. The maximum atomic E-state index is 7.89. The van der Waals surface area contributed by atoms with E-state index in [1.54, 1.807) is 20.4 Å². The van der Waals surface area contributed by atoms with Crippen molar-refractivity contribution in [2.45, 2.75) is 6.92 Å². The summed E-state index contributed by atoms with van der Waals surface area (Å²) in [4.78, 5) is 8.83. The Morgan fingerprint density at radius 1 is 1.09 bits per heavy atom. The quantitative estimate of drug-likeness (QED) is 0.211. The average Bonchev–Trinajstić information content (AvgIpc) is 2.85. The number of hydrogen-bond acceptors (Lipinski definition) is 7. The van der Waals surface area contributed by atoms with Gasteiger partial charge in [0.05, 0.1) is 11.7 Å². The number of hydrazone groups is 1. The molecule has 3 aromatic carbocycles. The number of rotatable bonds is 8. The van der Waals surface area contributed by atoms with E-state index in [1.807, 2.05) is 73.7 Å². The highest BCUT2D eigenvalue weighted by Gasteiger charge is 2.08. The van der Waals surface area contributed by atoms with Crippen LogP contribution in [0, 0.1) is 12.3 Å². The number of aromatic nitrogens is 2. The topological polar surface area (TPSA) is 95.7 Å². The second-order valence-corrected chi connectivity index (χ2v) is 7.67. The number of nitrogens with zero attached hydrogens (tertiary/aromatic N) is 4. The van der Waals surface area contributed by atoms with Gasteiger partial charge in [-0.2, -0.15) is 5.10 Å². The number of methoxy groups -OCH3 is 1. The van der Waals surface area contributed by atoms with E-state index in [2.05, 4.69) is 20.4 Å². The summed E-state index contributed by atoms with van der Waals surface area (Å²) in [6.45, 7) is 2.20. The minimum absolute atomic E-state index is 0.196. The van der Waals surface area contributed by atoms with E-state index in [9.17, 15) is 0 Å². The van der Waals surface area contributed by atoms with E-state index in [4.69, 9.17) is 14.9 Å². The van der Waals surface area contributed by atoms with E-state index in [0.29, 0.717) is 5.82 Å². The van der Waals surface area contributed by atoms with Crippen molar-refractivity contribution < 1.29 is 9.47 Å². The van der Waals surface area contributed by atoms with Crippen molar-refractivity contribution in [3.63, 3.8) is 0 Å². The number of nitrogens with one attached hydrogen (secondary N) is 2. The van der Waals surface area contributed by atoms with Gasteiger partial charge in [-0.15, -0.1) is 0 Å². The van der Waals surface area contributed by atoms with Crippen molar-refractivity contribution >= 4 is 34.5 Å². The number of para-hydroxylation sites is 1. The molecule has 0 saturated heterocycles. The molecule has 0 aliphatic rings. The first-order valence-electron chi connectivity index (χ1n) is 10.7. The molecule has 0 radical (unpaired) electrons. The lowest BCUT2D eigenvalue weighted by atomic mass is 10.1. The van der Waals surface area contributed by atoms with Crippen molar-refractivity contribution in [1.29, 1.82) is 5.41 Å². The van der Waals surface area contributed by atoms with Crippen molar-refractivity contribution in [3.05, 3.63) is 84.2 Å². The Balaban J connectivity index is 1.55. The van der Waals surface area contributed by atoms with Crippen LogP contribution in [0.3, 0.4) is 0 Å². The van der Waals surface area contributed by atoms with Gasteiger partial charge in [0.15, 0.2) is 0 Å². The number of ether oxygens (including phenoxy) is 2. The van der Waals surface area contributed by atoms with E-state index < -0.39 is 0 Å². The van der Waals surface area contributed by atoms with E-state index in [1.165, 1.54) is 11.3 Å². The predicted molar refractivity (Wildman–Crippen MR) is 135 cm³/mol. The molecule has 1 aromatic heterocycles.